The summed E-state index contributed by atoms with van der Waals surface area (Å²) in [6.07, 6.45) is 9.04. The van der Waals surface area contributed by atoms with Crippen molar-refractivity contribution in [1.29, 1.82) is 0 Å². The third kappa shape index (κ3) is 1.49. The summed E-state index contributed by atoms with van der Waals surface area (Å²) in [4.78, 5) is 15.4. The van der Waals surface area contributed by atoms with Crippen LogP contribution in [0.3, 0.4) is 0 Å². The first kappa shape index (κ1) is 10.1. The van der Waals surface area contributed by atoms with Crippen LogP contribution in [-0.2, 0) is 24.2 Å². The van der Waals surface area contributed by atoms with Gasteiger partial charge in [-0.3, -0.25) is 0 Å². The summed E-state index contributed by atoms with van der Waals surface area (Å²) >= 11 is 0. The molecule has 1 aromatic heterocycles. The van der Waals surface area contributed by atoms with E-state index in [1.54, 1.807) is 0 Å². The predicted molar refractivity (Wildman–Crippen MR) is 61.5 cm³/mol. The van der Waals surface area contributed by atoms with Crippen molar-refractivity contribution >= 4 is 6.29 Å². The minimum Gasteiger partial charge on any atom is -0.332 e. The molecule has 3 nitrogen and oxygen atoms in total. The molecule has 16 heavy (non-hydrogen) atoms. The SMILES string of the molecule is O=CCc1nc(C2CCC2)n2c1CCCC2. The fraction of sp³-hybridized carbons (Fsp3) is 0.692. The van der Waals surface area contributed by atoms with Crippen molar-refractivity contribution in [3.63, 3.8) is 0 Å². The van der Waals surface area contributed by atoms with Crippen LogP contribution in [0, 0.1) is 0 Å². The maximum absolute atomic E-state index is 10.7. The summed E-state index contributed by atoms with van der Waals surface area (Å²) < 4.78 is 2.41. The topological polar surface area (TPSA) is 34.9 Å². The number of rotatable bonds is 3. The Kier molecular flexibility index (Phi) is 2.54. The molecule has 3 rings (SSSR count). The zero-order chi connectivity index (χ0) is 11.0. The number of aromatic nitrogens is 2. The lowest BCUT2D eigenvalue weighted by atomic mass is 9.84. The Bertz CT molecular complexity index is 404. The number of carbonyl (C=O) groups excluding carboxylic acids is 1. The fourth-order valence-electron chi connectivity index (χ4n) is 2.87. The zero-order valence-corrected chi connectivity index (χ0v) is 9.61. The number of hydrogen-bond acceptors (Lipinski definition) is 2. The molecule has 0 N–H and O–H groups in total. The van der Waals surface area contributed by atoms with Gasteiger partial charge in [-0.15, -0.1) is 0 Å². The summed E-state index contributed by atoms with van der Waals surface area (Å²) in [5.74, 6) is 1.95. The molecule has 0 bridgehead atoms. The van der Waals surface area contributed by atoms with E-state index in [9.17, 15) is 4.79 Å². The molecule has 0 aromatic carbocycles. The van der Waals surface area contributed by atoms with Crippen LogP contribution < -0.4 is 0 Å². The molecule has 1 saturated carbocycles. The lowest BCUT2D eigenvalue weighted by Crippen LogP contribution is -2.19. The molecule has 2 aliphatic rings. The molecule has 2 heterocycles. The van der Waals surface area contributed by atoms with Crippen molar-refractivity contribution in [2.45, 2.75) is 57.4 Å². The highest BCUT2D eigenvalue weighted by Gasteiger charge is 2.28. The normalized spacial score (nSPS) is 20.2. The highest BCUT2D eigenvalue weighted by molar-refractivity contribution is 5.54. The first-order valence-electron chi connectivity index (χ1n) is 6.42. The lowest BCUT2D eigenvalue weighted by Gasteiger charge is -2.27. The van der Waals surface area contributed by atoms with Crippen LogP contribution in [0.25, 0.3) is 0 Å². The summed E-state index contributed by atoms with van der Waals surface area (Å²) in [6, 6.07) is 0. The van der Waals surface area contributed by atoms with Crippen LogP contribution in [0.4, 0.5) is 0 Å². The second kappa shape index (κ2) is 4.04. The van der Waals surface area contributed by atoms with Crippen molar-refractivity contribution in [1.82, 2.24) is 9.55 Å². The first-order chi connectivity index (χ1) is 7.90. The third-order valence-corrected chi connectivity index (χ3v) is 3.98. The second-order valence-corrected chi connectivity index (χ2v) is 4.97. The van der Waals surface area contributed by atoms with Gasteiger partial charge in [-0.05, 0) is 32.1 Å². The van der Waals surface area contributed by atoms with Crippen LogP contribution in [0.1, 0.15) is 55.2 Å². The van der Waals surface area contributed by atoms with E-state index in [0.29, 0.717) is 12.3 Å². The first-order valence-corrected chi connectivity index (χ1v) is 6.42. The van der Waals surface area contributed by atoms with Crippen molar-refractivity contribution in [3.8, 4) is 0 Å². The zero-order valence-electron chi connectivity index (χ0n) is 9.61. The number of hydrogen-bond donors (Lipinski definition) is 0. The molecule has 0 spiro atoms. The quantitative estimate of drug-likeness (QED) is 0.729. The van der Waals surface area contributed by atoms with E-state index >= 15 is 0 Å². The van der Waals surface area contributed by atoms with Gasteiger partial charge in [0.1, 0.15) is 12.1 Å². The summed E-state index contributed by atoms with van der Waals surface area (Å²) in [7, 11) is 0. The van der Waals surface area contributed by atoms with E-state index in [0.717, 1.165) is 24.9 Å². The summed E-state index contributed by atoms with van der Waals surface area (Å²) in [5, 5.41) is 0. The Balaban J connectivity index is 1.99. The summed E-state index contributed by atoms with van der Waals surface area (Å²) in [6.45, 7) is 1.12. The molecule has 0 atom stereocenters. The van der Waals surface area contributed by atoms with Crippen LogP contribution in [-0.4, -0.2) is 15.8 Å². The molecule has 1 aromatic rings. The Hall–Kier alpha value is -1.12. The predicted octanol–water partition coefficient (Wildman–Crippen LogP) is 2.23. The highest BCUT2D eigenvalue weighted by Crippen LogP contribution is 2.37. The Morgan fingerprint density at radius 2 is 2.19 bits per heavy atom. The molecule has 1 aliphatic heterocycles. The van der Waals surface area contributed by atoms with Gasteiger partial charge in [-0.25, -0.2) is 4.98 Å². The maximum Gasteiger partial charge on any atom is 0.126 e. The Labute approximate surface area is 95.9 Å². The Morgan fingerprint density at radius 3 is 2.88 bits per heavy atom. The minimum atomic E-state index is 0.502. The molecule has 86 valence electrons. The van der Waals surface area contributed by atoms with Crippen molar-refractivity contribution in [3.05, 3.63) is 17.2 Å². The highest BCUT2D eigenvalue weighted by atomic mass is 16.1. The fourth-order valence-corrected chi connectivity index (χ4v) is 2.87. The van der Waals surface area contributed by atoms with Crippen LogP contribution >= 0.6 is 0 Å². The van der Waals surface area contributed by atoms with E-state index in [1.807, 2.05) is 0 Å². The van der Waals surface area contributed by atoms with Gasteiger partial charge in [0.2, 0.25) is 0 Å². The monoisotopic (exact) mass is 218 g/mol. The van der Waals surface area contributed by atoms with Gasteiger partial charge in [0.15, 0.2) is 0 Å². The molecule has 1 fully saturated rings. The molecule has 0 radical (unpaired) electrons. The molecular weight excluding hydrogens is 200 g/mol. The van der Waals surface area contributed by atoms with Gasteiger partial charge in [-0.1, -0.05) is 6.42 Å². The van der Waals surface area contributed by atoms with E-state index in [4.69, 9.17) is 4.98 Å². The molecular formula is C13H18N2O. The van der Waals surface area contributed by atoms with E-state index in [2.05, 4.69) is 4.57 Å². The number of nitrogens with zero attached hydrogens (tertiary/aromatic N) is 2. The van der Waals surface area contributed by atoms with Crippen molar-refractivity contribution in [2.75, 3.05) is 0 Å². The minimum absolute atomic E-state index is 0.502. The second-order valence-electron chi connectivity index (χ2n) is 4.97. The van der Waals surface area contributed by atoms with Crippen LogP contribution in [0.2, 0.25) is 0 Å². The average Bonchev–Trinajstić information content (AvgIpc) is 2.57. The molecule has 1 aliphatic carbocycles. The van der Waals surface area contributed by atoms with E-state index in [-0.39, 0.29) is 0 Å². The molecule has 3 heteroatoms. The lowest BCUT2D eigenvalue weighted by molar-refractivity contribution is -0.107. The molecule has 0 amide bonds. The van der Waals surface area contributed by atoms with Gasteiger partial charge < -0.3 is 9.36 Å². The Morgan fingerprint density at radius 1 is 1.31 bits per heavy atom. The maximum atomic E-state index is 10.7. The molecule has 0 unspecified atom stereocenters. The molecule has 0 saturated heterocycles. The van der Waals surface area contributed by atoms with Gasteiger partial charge in [0.05, 0.1) is 5.69 Å². The van der Waals surface area contributed by atoms with Gasteiger partial charge >= 0.3 is 0 Å². The summed E-state index contributed by atoms with van der Waals surface area (Å²) in [5.41, 5.74) is 2.40. The van der Waals surface area contributed by atoms with E-state index in [1.165, 1.54) is 43.6 Å². The van der Waals surface area contributed by atoms with Crippen LogP contribution in [0.5, 0.6) is 0 Å². The van der Waals surface area contributed by atoms with E-state index < -0.39 is 0 Å². The number of aldehydes is 1. The number of carbonyl (C=O) groups is 1. The van der Waals surface area contributed by atoms with Gasteiger partial charge in [-0.2, -0.15) is 0 Å². The standard InChI is InChI=1S/C13H18N2O/c16-9-7-11-12-6-1-2-8-15(12)13(14-11)10-4-3-5-10/h9-10H,1-8H2. The van der Waals surface area contributed by atoms with Crippen LogP contribution in [0.15, 0.2) is 0 Å². The van der Waals surface area contributed by atoms with Gasteiger partial charge in [0, 0.05) is 24.6 Å². The van der Waals surface area contributed by atoms with Crippen molar-refractivity contribution in [2.24, 2.45) is 0 Å². The number of imidazole rings is 1. The van der Waals surface area contributed by atoms with Crippen molar-refractivity contribution < 1.29 is 4.79 Å². The average molecular weight is 218 g/mol. The third-order valence-electron chi connectivity index (χ3n) is 3.98. The van der Waals surface area contributed by atoms with Gasteiger partial charge in [0.25, 0.3) is 0 Å². The largest absolute Gasteiger partial charge is 0.332 e. The smallest absolute Gasteiger partial charge is 0.126 e. The number of fused-ring (bicyclic) bond motifs is 1.